The van der Waals surface area contributed by atoms with Gasteiger partial charge in [0.05, 0.1) is 29.6 Å². The van der Waals surface area contributed by atoms with E-state index in [-0.39, 0.29) is 28.2 Å². The molecule has 4 N–H and O–H groups in total. The number of methoxy groups -OCH3 is 1. The fourth-order valence-corrected chi connectivity index (χ4v) is 3.48. The van der Waals surface area contributed by atoms with Crippen molar-refractivity contribution in [2.45, 2.75) is 0 Å². The van der Waals surface area contributed by atoms with Gasteiger partial charge in [0.25, 0.3) is 23.3 Å². The van der Waals surface area contributed by atoms with Crippen molar-refractivity contribution in [1.29, 1.82) is 0 Å². The van der Waals surface area contributed by atoms with Crippen molar-refractivity contribution >= 4 is 40.8 Å². The molecule has 0 radical (unpaired) electrons. The van der Waals surface area contributed by atoms with Crippen LogP contribution in [-0.4, -0.2) is 29.4 Å². The van der Waals surface area contributed by atoms with E-state index in [1.165, 1.54) is 13.2 Å². The van der Waals surface area contributed by atoms with Crippen LogP contribution in [0.15, 0.2) is 53.3 Å². The number of halogens is 1. The highest BCUT2D eigenvalue weighted by molar-refractivity contribution is 6.31. The molecule has 31 heavy (non-hydrogen) atoms. The standard InChI is InChI=1S/C21H15ClN4O5/c1-31-15-6-5-11(22)8-14(15)24-19(28)10-3-2-4-12(7-10)26-16(27)9-13-17(18(26)23)21(30)25-20(13)29/h2-9H,23H2,1H3,(H,24,28)(H,25,29,30). The molecular formula is C21H15ClN4O5. The number of rotatable bonds is 4. The Kier molecular flexibility index (Phi) is 4.96. The molecule has 0 saturated heterocycles. The number of hydrogen-bond acceptors (Lipinski definition) is 6. The second-order valence-electron chi connectivity index (χ2n) is 6.62. The SMILES string of the molecule is COc1ccc(Cl)cc1NC(=O)c1cccc(-n2c(N)c3c(cc2=O)C(=O)NC3=O)c1. The zero-order valence-electron chi connectivity index (χ0n) is 16.1. The first-order valence-electron chi connectivity index (χ1n) is 8.96. The summed E-state index contributed by atoms with van der Waals surface area (Å²) in [7, 11) is 1.46. The Morgan fingerprint density at radius 3 is 2.61 bits per heavy atom. The highest BCUT2D eigenvalue weighted by Gasteiger charge is 2.31. The van der Waals surface area contributed by atoms with Crippen LogP contribution in [0.25, 0.3) is 5.69 Å². The molecule has 0 aliphatic carbocycles. The molecule has 0 unspecified atom stereocenters. The molecular weight excluding hydrogens is 424 g/mol. The van der Waals surface area contributed by atoms with E-state index in [1.807, 2.05) is 0 Å². The number of carbonyl (C=O) groups excluding carboxylic acids is 3. The number of nitrogens with zero attached hydrogens (tertiary/aromatic N) is 1. The minimum absolute atomic E-state index is 0.0781. The number of ether oxygens (including phenoxy) is 1. The van der Waals surface area contributed by atoms with Crippen LogP contribution < -0.4 is 26.7 Å². The summed E-state index contributed by atoms with van der Waals surface area (Å²) in [6.45, 7) is 0. The molecule has 0 bridgehead atoms. The quantitative estimate of drug-likeness (QED) is 0.535. The van der Waals surface area contributed by atoms with E-state index in [1.54, 1.807) is 36.4 Å². The second kappa shape index (κ2) is 7.62. The predicted octanol–water partition coefficient (Wildman–Crippen LogP) is 2.22. The fraction of sp³-hybridized carbons (Fsp3) is 0.0476. The van der Waals surface area contributed by atoms with Crippen molar-refractivity contribution in [3.05, 3.63) is 80.6 Å². The summed E-state index contributed by atoms with van der Waals surface area (Å²) in [5.74, 6) is -1.63. The van der Waals surface area contributed by atoms with Crippen LogP contribution in [0.4, 0.5) is 11.5 Å². The molecule has 3 amide bonds. The molecule has 1 aliphatic rings. The molecule has 1 aliphatic heterocycles. The van der Waals surface area contributed by atoms with Crippen LogP contribution in [0.5, 0.6) is 5.75 Å². The molecule has 0 atom stereocenters. The number of fused-ring (bicyclic) bond motifs is 1. The van der Waals surface area contributed by atoms with Gasteiger partial charge in [-0.15, -0.1) is 0 Å². The number of nitrogens with two attached hydrogens (primary N) is 1. The maximum Gasteiger partial charge on any atom is 0.262 e. The molecule has 10 heteroatoms. The molecule has 2 aromatic carbocycles. The van der Waals surface area contributed by atoms with E-state index >= 15 is 0 Å². The van der Waals surface area contributed by atoms with Gasteiger partial charge in [-0.2, -0.15) is 0 Å². The van der Waals surface area contributed by atoms with E-state index in [9.17, 15) is 19.2 Å². The van der Waals surface area contributed by atoms with Gasteiger partial charge in [0.2, 0.25) is 0 Å². The Hall–Kier alpha value is -4.11. The number of amides is 3. The maximum atomic E-state index is 12.8. The molecule has 4 rings (SSSR count). The van der Waals surface area contributed by atoms with Crippen LogP contribution >= 0.6 is 11.6 Å². The van der Waals surface area contributed by atoms with Gasteiger partial charge in [0, 0.05) is 16.7 Å². The van der Waals surface area contributed by atoms with Crippen molar-refractivity contribution in [2.24, 2.45) is 0 Å². The molecule has 0 saturated carbocycles. The Bertz CT molecular complexity index is 1330. The van der Waals surface area contributed by atoms with Crippen molar-refractivity contribution in [3.63, 3.8) is 0 Å². The summed E-state index contributed by atoms with van der Waals surface area (Å²) < 4.78 is 6.29. The Morgan fingerprint density at radius 1 is 1.10 bits per heavy atom. The van der Waals surface area contributed by atoms with Gasteiger partial charge in [-0.25, -0.2) is 0 Å². The number of aromatic nitrogens is 1. The first-order valence-corrected chi connectivity index (χ1v) is 9.34. The Labute approximate surface area is 180 Å². The smallest absolute Gasteiger partial charge is 0.262 e. The second-order valence-corrected chi connectivity index (χ2v) is 7.06. The third-order valence-corrected chi connectivity index (χ3v) is 4.96. The monoisotopic (exact) mass is 438 g/mol. The highest BCUT2D eigenvalue weighted by Crippen LogP contribution is 2.28. The number of benzene rings is 2. The van der Waals surface area contributed by atoms with Crippen LogP contribution in [0.3, 0.4) is 0 Å². The van der Waals surface area contributed by atoms with Gasteiger partial charge in [-0.3, -0.25) is 29.1 Å². The van der Waals surface area contributed by atoms with E-state index < -0.39 is 23.3 Å². The third-order valence-electron chi connectivity index (χ3n) is 4.73. The van der Waals surface area contributed by atoms with Gasteiger partial charge >= 0.3 is 0 Å². The van der Waals surface area contributed by atoms with Crippen molar-refractivity contribution in [1.82, 2.24) is 9.88 Å². The minimum atomic E-state index is -0.687. The average molecular weight is 439 g/mol. The van der Waals surface area contributed by atoms with E-state index in [2.05, 4.69) is 10.6 Å². The first-order chi connectivity index (χ1) is 14.8. The number of nitrogens with one attached hydrogen (secondary N) is 2. The lowest BCUT2D eigenvalue weighted by atomic mass is 10.1. The van der Waals surface area contributed by atoms with Crippen LogP contribution in [-0.2, 0) is 0 Å². The topological polar surface area (TPSA) is 133 Å². The molecule has 1 aromatic heterocycles. The lowest BCUT2D eigenvalue weighted by Gasteiger charge is -2.14. The number of carbonyl (C=O) groups is 3. The molecule has 0 spiro atoms. The lowest BCUT2D eigenvalue weighted by molar-refractivity contribution is 0.0879. The highest BCUT2D eigenvalue weighted by atomic mass is 35.5. The summed E-state index contributed by atoms with van der Waals surface area (Å²) in [5, 5.41) is 5.22. The van der Waals surface area contributed by atoms with Crippen molar-refractivity contribution in [3.8, 4) is 11.4 Å². The number of imide groups is 1. The normalized spacial score (nSPS) is 12.3. The van der Waals surface area contributed by atoms with Gasteiger partial charge in [0.15, 0.2) is 0 Å². The summed E-state index contributed by atoms with van der Waals surface area (Å²) in [6.07, 6.45) is 0. The van der Waals surface area contributed by atoms with Crippen LogP contribution in [0.2, 0.25) is 5.02 Å². The minimum Gasteiger partial charge on any atom is -0.495 e. The summed E-state index contributed by atoms with van der Waals surface area (Å²) >= 11 is 6.00. The van der Waals surface area contributed by atoms with E-state index in [4.69, 9.17) is 22.1 Å². The molecule has 0 fully saturated rings. The third kappa shape index (κ3) is 3.51. The van der Waals surface area contributed by atoms with E-state index in [0.717, 1.165) is 10.6 Å². The summed E-state index contributed by atoms with van der Waals surface area (Å²) in [5.41, 5.74) is 6.11. The lowest BCUT2D eigenvalue weighted by Crippen LogP contribution is -2.24. The number of nitrogen functional groups attached to an aromatic ring is 1. The fourth-order valence-electron chi connectivity index (χ4n) is 3.30. The number of pyridine rings is 1. The summed E-state index contributed by atoms with van der Waals surface area (Å²) in [4.78, 5) is 49.3. The zero-order valence-corrected chi connectivity index (χ0v) is 16.8. The average Bonchev–Trinajstić information content (AvgIpc) is 3.01. The molecule has 9 nitrogen and oxygen atoms in total. The van der Waals surface area contributed by atoms with Gasteiger partial charge in [0.1, 0.15) is 11.6 Å². The summed E-state index contributed by atoms with van der Waals surface area (Å²) in [6, 6.07) is 11.9. The van der Waals surface area contributed by atoms with E-state index in [0.29, 0.717) is 16.5 Å². The number of anilines is 2. The van der Waals surface area contributed by atoms with Crippen LogP contribution in [0, 0.1) is 0 Å². The largest absolute Gasteiger partial charge is 0.495 e. The zero-order chi connectivity index (χ0) is 22.3. The van der Waals surface area contributed by atoms with Crippen molar-refractivity contribution in [2.75, 3.05) is 18.2 Å². The Morgan fingerprint density at radius 2 is 1.87 bits per heavy atom. The number of hydrogen-bond donors (Lipinski definition) is 3. The van der Waals surface area contributed by atoms with Gasteiger partial charge in [-0.05, 0) is 36.4 Å². The molecule has 2 heterocycles. The first kappa shape index (κ1) is 20.2. The molecule has 156 valence electrons. The van der Waals surface area contributed by atoms with Gasteiger partial charge in [-0.1, -0.05) is 17.7 Å². The maximum absolute atomic E-state index is 12.8. The van der Waals surface area contributed by atoms with Gasteiger partial charge < -0.3 is 15.8 Å². The van der Waals surface area contributed by atoms with Crippen LogP contribution in [0.1, 0.15) is 31.1 Å². The predicted molar refractivity (Wildman–Crippen MR) is 114 cm³/mol. The Balaban J connectivity index is 1.74. The molecule has 3 aromatic rings. The van der Waals surface area contributed by atoms with Crippen molar-refractivity contribution < 1.29 is 19.1 Å².